The maximum Gasteiger partial charge on any atom is 0.387 e. The van der Waals surface area contributed by atoms with Crippen molar-refractivity contribution in [3.63, 3.8) is 0 Å². The minimum Gasteiger partial charge on any atom is -0.508 e. The smallest absolute Gasteiger partial charge is 0.387 e. The molecule has 1 aliphatic heterocycles. The zero-order chi connectivity index (χ0) is 24.2. The number of rotatable bonds is 8. The number of ether oxygens (including phenoxy) is 2. The van der Waals surface area contributed by atoms with Crippen molar-refractivity contribution in [1.82, 2.24) is 10.6 Å². The van der Waals surface area contributed by atoms with Crippen LogP contribution in [0.15, 0.2) is 48.5 Å². The van der Waals surface area contributed by atoms with Gasteiger partial charge in [0.05, 0.1) is 12.0 Å². The Bertz CT molecular complexity index is 1030. The van der Waals surface area contributed by atoms with Gasteiger partial charge in [0.15, 0.2) is 5.78 Å². The van der Waals surface area contributed by atoms with Gasteiger partial charge in [-0.2, -0.15) is 8.78 Å². The molecule has 8 nitrogen and oxygen atoms in total. The summed E-state index contributed by atoms with van der Waals surface area (Å²) in [5.74, 6) is -2.44. The Morgan fingerprint density at radius 3 is 2.52 bits per heavy atom. The van der Waals surface area contributed by atoms with E-state index in [1.807, 2.05) is 0 Å². The quantitative estimate of drug-likeness (QED) is 0.555. The highest BCUT2D eigenvalue weighted by molar-refractivity contribution is 5.98. The van der Waals surface area contributed by atoms with Crippen molar-refractivity contribution in [2.24, 2.45) is 0 Å². The number of amides is 2. The van der Waals surface area contributed by atoms with Gasteiger partial charge in [-0.05, 0) is 55.8 Å². The lowest BCUT2D eigenvalue weighted by atomic mass is 9.90. The molecule has 0 bridgehead atoms. The van der Waals surface area contributed by atoms with Crippen LogP contribution in [0.1, 0.15) is 35.7 Å². The Labute approximate surface area is 188 Å². The second kappa shape index (κ2) is 9.95. The van der Waals surface area contributed by atoms with E-state index in [2.05, 4.69) is 15.4 Å². The van der Waals surface area contributed by atoms with Gasteiger partial charge in [0.1, 0.15) is 23.6 Å². The Morgan fingerprint density at radius 2 is 1.94 bits per heavy atom. The average Bonchev–Trinajstić information content (AvgIpc) is 3.01. The molecule has 10 heteroatoms. The molecule has 0 radical (unpaired) electrons. The predicted molar refractivity (Wildman–Crippen MR) is 113 cm³/mol. The third-order valence-corrected chi connectivity index (χ3v) is 5.64. The normalized spacial score (nSPS) is 21.0. The van der Waals surface area contributed by atoms with E-state index >= 15 is 0 Å². The summed E-state index contributed by atoms with van der Waals surface area (Å²) in [5, 5.41) is 15.2. The second-order valence-electron chi connectivity index (χ2n) is 7.83. The molecule has 33 heavy (non-hydrogen) atoms. The highest BCUT2D eigenvalue weighted by Crippen LogP contribution is 2.26. The summed E-state index contributed by atoms with van der Waals surface area (Å²) in [6, 6.07) is 11.1. The molecule has 1 fully saturated rings. The van der Waals surface area contributed by atoms with Gasteiger partial charge in [-0.25, -0.2) is 0 Å². The van der Waals surface area contributed by atoms with Crippen LogP contribution in [-0.4, -0.2) is 54.1 Å². The van der Waals surface area contributed by atoms with Crippen LogP contribution in [0.4, 0.5) is 8.78 Å². The molecule has 1 heterocycles. The van der Waals surface area contributed by atoms with Crippen LogP contribution >= 0.6 is 0 Å². The first-order valence-electron chi connectivity index (χ1n) is 10.2. The molecule has 1 aliphatic rings. The van der Waals surface area contributed by atoms with Gasteiger partial charge in [0.25, 0.3) is 5.91 Å². The number of Topliss-reactive ketones (excluding diaryl/α,β-unsaturated/α-hetero) is 1. The first-order valence-corrected chi connectivity index (χ1v) is 10.2. The Hall–Kier alpha value is -3.53. The number of hydrogen-bond acceptors (Lipinski definition) is 6. The summed E-state index contributed by atoms with van der Waals surface area (Å²) in [6.45, 7) is 0.0108. The lowest BCUT2D eigenvalue weighted by Crippen LogP contribution is -2.57. The summed E-state index contributed by atoms with van der Waals surface area (Å²) >= 11 is 0. The van der Waals surface area contributed by atoms with E-state index in [-0.39, 0.29) is 36.0 Å². The first-order chi connectivity index (χ1) is 15.6. The SMILES string of the molecule is CC1OCC(=O)C1(C)NC(=O)C(CNC(=O)c1ccc(OC(F)F)cc1)c1cccc(O)c1. The molecule has 2 amide bonds. The number of alkyl halides is 2. The molecular weight excluding hydrogens is 438 g/mol. The van der Waals surface area contributed by atoms with Crippen molar-refractivity contribution in [3.8, 4) is 11.5 Å². The molecular formula is C23H24F2N2O6. The zero-order valence-corrected chi connectivity index (χ0v) is 18.0. The number of phenolic OH excluding ortho intramolecular Hbond substituents is 1. The van der Waals surface area contributed by atoms with Crippen molar-refractivity contribution in [2.45, 2.75) is 38.0 Å². The molecule has 2 aromatic carbocycles. The molecule has 176 valence electrons. The average molecular weight is 462 g/mol. The van der Waals surface area contributed by atoms with Crippen molar-refractivity contribution in [2.75, 3.05) is 13.2 Å². The van der Waals surface area contributed by atoms with Gasteiger partial charge < -0.3 is 25.2 Å². The number of nitrogens with one attached hydrogen (secondary N) is 2. The monoisotopic (exact) mass is 462 g/mol. The molecule has 2 aromatic rings. The van der Waals surface area contributed by atoms with E-state index in [0.717, 1.165) is 0 Å². The van der Waals surface area contributed by atoms with Gasteiger partial charge >= 0.3 is 6.61 Å². The number of aromatic hydroxyl groups is 1. The lowest BCUT2D eigenvalue weighted by molar-refractivity contribution is -0.130. The topological polar surface area (TPSA) is 114 Å². The van der Waals surface area contributed by atoms with Crippen LogP contribution in [0.2, 0.25) is 0 Å². The van der Waals surface area contributed by atoms with Gasteiger partial charge in [0.2, 0.25) is 5.91 Å². The third kappa shape index (κ3) is 5.64. The summed E-state index contributed by atoms with van der Waals surface area (Å²) in [7, 11) is 0. The Balaban J connectivity index is 1.75. The number of carbonyl (C=O) groups excluding carboxylic acids is 3. The molecule has 3 unspecified atom stereocenters. The standard InChI is InChI=1S/C23H24F2N2O6/c1-13-23(2,19(29)12-32-13)27-21(31)18(15-4-3-5-16(28)10-15)11-26-20(30)14-6-8-17(9-7-14)33-22(24)25/h3-10,13,18,22,28H,11-12H2,1-2H3,(H,26,30)(H,27,31). The van der Waals surface area contributed by atoms with Crippen molar-refractivity contribution in [3.05, 3.63) is 59.7 Å². The minimum atomic E-state index is -2.98. The van der Waals surface area contributed by atoms with Gasteiger partial charge in [0, 0.05) is 12.1 Å². The van der Waals surface area contributed by atoms with Crippen LogP contribution in [0, 0.1) is 0 Å². The fourth-order valence-corrected chi connectivity index (χ4v) is 3.45. The van der Waals surface area contributed by atoms with Crippen molar-refractivity contribution >= 4 is 17.6 Å². The molecule has 3 rings (SSSR count). The highest BCUT2D eigenvalue weighted by atomic mass is 19.3. The number of ketones is 1. The first kappa shape index (κ1) is 24.1. The maximum absolute atomic E-state index is 13.2. The third-order valence-electron chi connectivity index (χ3n) is 5.64. The largest absolute Gasteiger partial charge is 0.508 e. The van der Waals surface area contributed by atoms with E-state index in [1.165, 1.54) is 36.4 Å². The summed E-state index contributed by atoms with van der Waals surface area (Å²) in [4.78, 5) is 38.0. The summed E-state index contributed by atoms with van der Waals surface area (Å²) in [6.07, 6.45) is -0.540. The van der Waals surface area contributed by atoms with Gasteiger partial charge in [-0.3, -0.25) is 14.4 Å². The lowest BCUT2D eigenvalue weighted by Gasteiger charge is -2.29. The summed E-state index contributed by atoms with van der Waals surface area (Å²) < 4.78 is 34.2. The predicted octanol–water partition coefficient (Wildman–Crippen LogP) is 2.37. The zero-order valence-electron chi connectivity index (χ0n) is 18.0. The molecule has 1 saturated heterocycles. The van der Waals surface area contributed by atoms with Crippen molar-refractivity contribution < 1.29 is 37.7 Å². The van der Waals surface area contributed by atoms with Crippen molar-refractivity contribution in [1.29, 1.82) is 0 Å². The van der Waals surface area contributed by atoms with Crippen LogP contribution in [0.3, 0.4) is 0 Å². The number of carbonyl (C=O) groups is 3. The van der Waals surface area contributed by atoms with E-state index in [0.29, 0.717) is 5.56 Å². The fourth-order valence-electron chi connectivity index (χ4n) is 3.45. The van der Waals surface area contributed by atoms with Crippen LogP contribution in [-0.2, 0) is 14.3 Å². The minimum absolute atomic E-state index is 0.0638. The molecule has 0 aromatic heterocycles. The molecule has 0 saturated carbocycles. The van der Waals surface area contributed by atoms with E-state index in [4.69, 9.17) is 4.74 Å². The fraction of sp³-hybridized carbons (Fsp3) is 0.348. The molecule has 0 spiro atoms. The summed E-state index contributed by atoms with van der Waals surface area (Å²) in [5.41, 5.74) is -0.626. The van der Waals surface area contributed by atoms with Gasteiger partial charge in [-0.15, -0.1) is 0 Å². The van der Waals surface area contributed by atoms with E-state index in [1.54, 1.807) is 26.0 Å². The molecule has 3 atom stereocenters. The van der Waals surface area contributed by atoms with E-state index in [9.17, 15) is 28.3 Å². The van der Waals surface area contributed by atoms with E-state index < -0.39 is 36.0 Å². The number of benzene rings is 2. The Morgan fingerprint density at radius 1 is 1.24 bits per heavy atom. The Kier molecular flexibility index (Phi) is 7.27. The molecule has 3 N–H and O–H groups in total. The number of hydrogen-bond donors (Lipinski definition) is 3. The van der Waals surface area contributed by atoms with Crippen LogP contribution in [0.5, 0.6) is 11.5 Å². The highest BCUT2D eigenvalue weighted by Gasteiger charge is 2.47. The van der Waals surface area contributed by atoms with Crippen LogP contribution in [0.25, 0.3) is 0 Å². The molecule has 0 aliphatic carbocycles. The second-order valence-corrected chi connectivity index (χ2v) is 7.83. The maximum atomic E-state index is 13.2. The number of phenols is 1. The van der Waals surface area contributed by atoms with Crippen LogP contribution < -0.4 is 15.4 Å². The number of halogens is 2. The van der Waals surface area contributed by atoms with Gasteiger partial charge in [-0.1, -0.05) is 12.1 Å².